The van der Waals surface area contributed by atoms with Crippen molar-refractivity contribution in [3.8, 4) is 0 Å². The second-order valence-corrected chi connectivity index (χ2v) is 4.66. The van der Waals surface area contributed by atoms with Crippen molar-refractivity contribution in [1.82, 2.24) is 5.32 Å². The van der Waals surface area contributed by atoms with E-state index in [1.165, 1.54) is 0 Å². The van der Waals surface area contributed by atoms with E-state index in [1.807, 2.05) is 6.92 Å². The Morgan fingerprint density at radius 2 is 2.24 bits per heavy atom. The van der Waals surface area contributed by atoms with Gasteiger partial charge in [0.15, 0.2) is 10.2 Å². The summed E-state index contributed by atoms with van der Waals surface area (Å²) >= 11 is 3.23. The summed E-state index contributed by atoms with van der Waals surface area (Å²) in [7, 11) is 0. The monoisotopic (exact) mass is 303 g/mol. The first-order chi connectivity index (χ1) is 8.04. The zero-order chi connectivity index (χ0) is 12.9. The maximum absolute atomic E-state index is 12.0. The Kier molecular flexibility index (Phi) is 5.21. The van der Waals surface area contributed by atoms with Crippen molar-refractivity contribution in [2.24, 2.45) is 0 Å². The van der Waals surface area contributed by atoms with Gasteiger partial charge in [0.1, 0.15) is 5.76 Å². The molecule has 0 aliphatic heterocycles. The molecule has 0 saturated heterocycles. The Bertz CT molecular complexity index is 378. The number of ether oxygens (including phenoxy) is 1. The fourth-order valence-electron chi connectivity index (χ4n) is 1.49. The number of rotatable bonds is 6. The molecule has 0 aliphatic carbocycles. The number of carbonyl (C=O) groups excluding carboxylic acids is 1. The Morgan fingerprint density at radius 3 is 2.71 bits per heavy atom. The van der Waals surface area contributed by atoms with E-state index in [0.29, 0.717) is 23.6 Å². The van der Waals surface area contributed by atoms with Crippen LogP contribution in [0.3, 0.4) is 0 Å². The molecule has 17 heavy (non-hydrogen) atoms. The van der Waals surface area contributed by atoms with E-state index in [2.05, 4.69) is 21.2 Å². The SMILES string of the molecule is CCCNC(C)(C(=O)OCC)c1ccc(Br)o1. The van der Waals surface area contributed by atoms with Gasteiger partial charge in [-0.3, -0.25) is 5.32 Å². The van der Waals surface area contributed by atoms with Gasteiger partial charge in [0.2, 0.25) is 0 Å². The highest BCUT2D eigenvalue weighted by molar-refractivity contribution is 9.10. The second-order valence-electron chi connectivity index (χ2n) is 3.88. The molecule has 0 spiro atoms. The van der Waals surface area contributed by atoms with E-state index in [-0.39, 0.29) is 5.97 Å². The first kappa shape index (κ1) is 14.3. The number of nitrogens with one attached hydrogen (secondary N) is 1. The molecule has 0 fully saturated rings. The molecule has 0 radical (unpaired) electrons. The maximum atomic E-state index is 12.0. The molecular formula is C12H18BrNO3. The lowest BCUT2D eigenvalue weighted by Crippen LogP contribution is -2.47. The van der Waals surface area contributed by atoms with Crippen molar-refractivity contribution >= 4 is 21.9 Å². The summed E-state index contributed by atoms with van der Waals surface area (Å²) < 4.78 is 11.2. The minimum atomic E-state index is -0.933. The van der Waals surface area contributed by atoms with Gasteiger partial charge in [-0.25, -0.2) is 4.79 Å². The molecule has 96 valence electrons. The first-order valence-corrected chi connectivity index (χ1v) is 6.52. The third kappa shape index (κ3) is 3.33. The molecule has 5 heteroatoms. The topological polar surface area (TPSA) is 51.5 Å². The highest BCUT2D eigenvalue weighted by Crippen LogP contribution is 2.27. The highest BCUT2D eigenvalue weighted by atomic mass is 79.9. The van der Waals surface area contributed by atoms with Gasteiger partial charge >= 0.3 is 5.97 Å². The van der Waals surface area contributed by atoms with Crippen LogP contribution in [0.4, 0.5) is 0 Å². The van der Waals surface area contributed by atoms with Gasteiger partial charge in [0.25, 0.3) is 0 Å². The molecule has 0 saturated carbocycles. The van der Waals surface area contributed by atoms with E-state index < -0.39 is 5.54 Å². The average molecular weight is 304 g/mol. The number of carbonyl (C=O) groups is 1. The van der Waals surface area contributed by atoms with Crippen LogP contribution in [0.5, 0.6) is 0 Å². The van der Waals surface area contributed by atoms with Crippen molar-refractivity contribution in [1.29, 1.82) is 0 Å². The fourth-order valence-corrected chi connectivity index (χ4v) is 1.80. The van der Waals surface area contributed by atoms with E-state index in [0.717, 1.165) is 6.42 Å². The Labute approximate surface area is 110 Å². The molecular weight excluding hydrogens is 286 g/mol. The van der Waals surface area contributed by atoms with Crippen LogP contribution in [-0.2, 0) is 15.1 Å². The van der Waals surface area contributed by atoms with Crippen molar-refractivity contribution in [2.75, 3.05) is 13.2 Å². The van der Waals surface area contributed by atoms with Crippen molar-refractivity contribution in [3.05, 3.63) is 22.6 Å². The predicted molar refractivity (Wildman–Crippen MR) is 68.7 cm³/mol. The fraction of sp³-hybridized carbons (Fsp3) is 0.583. The lowest BCUT2D eigenvalue weighted by atomic mass is 9.99. The van der Waals surface area contributed by atoms with Crippen LogP contribution in [-0.4, -0.2) is 19.1 Å². The number of esters is 1. The quantitative estimate of drug-likeness (QED) is 0.821. The van der Waals surface area contributed by atoms with Crippen molar-refractivity contribution in [3.63, 3.8) is 0 Å². The first-order valence-electron chi connectivity index (χ1n) is 5.72. The molecule has 1 aromatic heterocycles. The predicted octanol–water partition coefficient (Wildman–Crippen LogP) is 2.82. The zero-order valence-corrected chi connectivity index (χ0v) is 12.0. The summed E-state index contributed by atoms with van der Waals surface area (Å²) in [6.07, 6.45) is 0.927. The van der Waals surface area contributed by atoms with E-state index in [4.69, 9.17) is 9.15 Å². The van der Waals surface area contributed by atoms with E-state index >= 15 is 0 Å². The molecule has 0 aromatic carbocycles. The summed E-state index contributed by atoms with van der Waals surface area (Å²) in [5.41, 5.74) is -0.933. The molecule has 0 amide bonds. The number of hydrogen-bond acceptors (Lipinski definition) is 4. The van der Waals surface area contributed by atoms with E-state index in [9.17, 15) is 4.79 Å². The third-order valence-electron chi connectivity index (χ3n) is 2.48. The number of hydrogen-bond donors (Lipinski definition) is 1. The molecule has 0 aliphatic rings. The standard InChI is InChI=1S/C12H18BrNO3/c1-4-8-14-12(3,11(15)16-5-2)9-6-7-10(13)17-9/h6-7,14H,4-5,8H2,1-3H3. The van der Waals surface area contributed by atoms with Gasteiger partial charge in [-0.15, -0.1) is 0 Å². The second kappa shape index (κ2) is 6.21. The van der Waals surface area contributed by atoms with Crippen molar-refractivity contribution < 1.29 is 13.9 Å². The third-order valence-corrected chi connectivity index (χ3v) is 2.90. The molecule has 1 heterocycles. The van der Waals surface area contributed by atoms with Crippen LogP contribution in [0.1, 0.15) is 33.0 Å². The minimum absolute atomic E-state index is 0.324. The summed E-state index contributed by atoms with van der Waals surface area (Å²) in [6.45, 7) is 6.66. The lowest BCUT2D eigenvalue weighted by molar-refractivity contribution is -0.151. The van der Waals surface area contributed by atoms with Gasteiger partial charge in [0, 0.05) is 0 Å². The van der Waals surface area contributed by atoms with Gasteiger partial charge in [-0.1, -0.05) is 6.92 Å². The van der Waals surface area contributed by atoms with Gasteiger partial charge in [0.05, 0.1) is 6.61 Å². The summed E-state index contributed by atoms with van der Waals surface area (Å²) in [5.74, 6) is 0.228. The molecule has 1 unspecified atom stereocenters. The Morgan fingerprint density at radius 1 is 1.53 bits per heavy atom. The number of furan rings is 1. The molecule has 0 bridgehead atoms. The Balaban J connectivity index is 2.96. The van der Waals surface area contributed by atoms with Crippen LogP contribution < -0.4 is 5.32 Å². The molecule has 1 N–H and O–H groups in total. The largest absolute Gasteiger partial charge is 0.464 e. The summed E-state index contributed by atoms with van der Waals surface area (Å²) in [6, 6.07) is 3.53. The molecule has 4 nitrogen and oxygen atoms in total. The maximum Gasteiger partial charge on any atom is 0.333 e. The molecule has 1 rings (SSSR count). The Hall–Kier alpha value is -0.810. The minimum Gasteiger partial charge on any atom is -0.464 e. The summed E-state index contributed by atoms with van der Waals surface area (Å²) in [4.78, 5) is 12.0. The smallest absolute Gasteiger partial charge is 0.333 e. The van der Waals surface area contributed by atoms with Crippen LogP contribution in [0, 0.1) is 0 Å². The van der Waals surface area contributed by atoms with Crippen LogP contribution >= 0.6 is 15.9 Å². The summed E-state index contributed by atoms with van der Waals surface area (Å²) in [5, 5.41) is 3.17. The highest BCUT2D eigenvalue weighted by Gasteiger charge is 2.39. The van der Waals surface area contributed by atoms with Crippen molar-refractivity contribution in [2.45, 2.75) is 32.7 Å². The van der Waals surface area contributed by atoms with Crippen LogP contribution in [0.15, 0.2) is 21.2 Å². The zero-order valence-electron chi connectivity index (χ0n) is 10.4. The lowest BCUT2D eigenvalue weighted by Gasteiger charge is -2.26. The van der Waals surface area contributed by atoms with Gasteiger partial charge in [-0.05, 0) is 54.9 Å². The number of halogens is 1. The normalized spacial score (nSPS) is 14.4. The van der Waals surface area contributed by atoms with Gasteiger partial charge in [-0.2, -0.15) is 0 Å². The van der Waals surface area contributed by atoms with Gasteiger partial charge < -0.3 is 9.15 Å². The molecule has 1 atom stereocenters. The van der Waals surface area contributed by atoms with Crippen LogP contribution in [0.25, 0.3) is 0 Å². The van der Waals surface area contributed by atoms with E-state index in [1.54, 1.807) is 26.0 Å². The average Bonchev–Trinajstić information content (AvgIpc) is 2.73. The van der Waals surface area contributed by atoms with Crippen LogP contribution in [0.2, 0.25) is 0 Å². The molecule has 1 aromatic rings.